The van der Waals surface area contributed by atoms with Gasteiger partial charge in [0.15, 0.2) is 0 Å². The predicted molar refractivity (Wildman–Crippen MR) is 118 cm³/mol. The molecule has 2 aliphatic rings. The minimum atomic E-state index is -0.235. The normalized spacial score (nSPS) is 16.4. The standard InChI is InChI=1S/C24H23FN4O2/c25-20-3-1-2-16(23(20)29-10-12-31-13-11-29)4-5-18-14-17(6-8-26-18)22-15-19-21(28-22)7-9-27-24(19)30/h1-6,8,14-15,28H,7,9-13H2,(H,27,30). The van der Waals surface area contributed by atoms with Crippen LogP contribution in [0.1, 0.15) is 27.3 Å². The van der Waals surface area contributed by atoms with E-state index in [9.17, 15) is 9.18 Å². The molecule has 1 aromatic carbocycles. The van der Waals surface area contributed by atoms with Gasteiger partial charge in [-0.2, -0.15) is 0 Å². The molecule has 7 heteroatoms. The number of rotatable bonds is 4. The van der Waals surface area contributed by atoms with E-state index >= 15 is 0 Å². The monoisotopic (exact) mass is 418 g/mol. The SMILES string of the molecule is O=C1NCCc2[nH]c(-c3ccnc(C=Cc4cccc(F)c4N4CCOCC4)c3)cc21. The van der Waals surface area contributed by atoms with Crippen molar-refractivity contribution >= 4 is 23.7 Å². The van der Waals surface area contributed by atoms with Gasteiger partial charge in [0.1, 0.15) is 5.82 Å². The van der Waals surface area contributed by atoms with Crippen molar-refractivity contribution in [3.05, 3.63) is 70.9 Å². The highest BCUT2D eigenvalue weighted by Gasteiger charge is 2.20. The Morgan fingerprint density at radius 1 is 1.13 bits per heavy atom. The largest absolute Gasteiger partial charge is 0.378 e. The van der Waals surface area contributed by atoms with Crippen molar-refractivity contribution < 1.29 is 13.9 Å². The van der Waals surface area contributed by atoms with Gasteiger partial charge in [-0.05, 0) is 30.3 Å². The molecular weight excluding hydrogens is 395 g/mol. The summed E-state index contributed by atoms with van der Waals surface area (Å²) in [6, 6.07) is 10.9. The van der Waals surface area contributed by atoms with Crippen LogP contribution in [0.5, 0.6) is 0 Å². The van der Waals surface area contributed by atoms with Crippen molar-refractivity contribution in [1.29, 1.82) is 0 Å². The van der Waals surface area contributed by atoms with Crippen LogP contribution in [0.4, 0.5) is 10.1 Å². The molecule has 31 heavy (non-hydrogen) atoms. The van der Waals surface area contributed by atoms with Crippen molar-refractivity contribution in [2.24, 2.45) is 0 Å². The van der Waals surface area contributed by atoms with Gasteiger partial charge < -0.3 is 19.9 Å². The first-order chi connectivity index (χ1) is 15.2. The second kappa shape index (κ2) is 8.35. The number of amides is 1. The van der Waals surface area contributed by atoms with Gasteiger partial charge in [-0.25, -0.2) is 4.39 Å². The van der Waals surface area contributed by atoms with Gasteiger partial charge in [-0.15, -0.1) is 0 Å². The maximum atomic E-state index is 14.6. The molecule has 0 radical (unpaired) electrons. The number of benzene rings is 1. The summed E-state index contributed by atoms with van der Waals surface area (Å²) >= 11 is 0. The highest BCUT2D eigenvalue weighted by molar-refractivity contribution is 5.97. The van der Waals surface area contributed by atoms with Crippen LogP contribution in [0.3, 0.4) is 0 Å². The van der Waals surface area contributed by atoms with E-state index in [1.165, 1.54) is 6.07 Å². The summed E-state index contributed by atoms with van der Waals surface area (Å²) in [6.45, 7) is 3.18. The molecule has 1 fully saturated rings. The number of carbonyl (C=O) groups is 1. The summed E-state index contributed by atoms with van der Waals surface area (Å²) in [7, 11) is 0. The second-order valence-corrected chi connectivity index (χ2v) is 7.66. The van der Waals surface area contributed by atoms with E-state index in [-0.39, 0.29) is 11.7 Å². The third-order valence-electron chi connectivity index (χ3n) is 5.68. The molecule has 6 nitrogen and oxygen atoms in total. The van der Waals surface area contributed by atoms with E-state index in [0.717, 1.165) is 34.6 Å². The highest BCUT2D eigenvalue weighted by Crippen LogP contribution is 2.28. The molecule has 0 unspecified atom stereocenters. The van der Waals surface area contributed by atoms with Crippen LogP contribution in [0.25, 0.3) is 23.4 Å². The van der Waals surface area contributed by atoms with Crippen molar-refractivity contribution in [3.8, 4) is 11.3 Å². The van der Waals surface area contributed by atoms with Crippen LogP contribution in [0.15, 0.2) is 42.6 Å². The molecule has 0 atom stereocenters. The van der Waals surface area contributed by atoms with Gasteiger partial charge in [0.05, 0.1) is 30.2 Å². The van der Waals surface area contributed by atoms with E-state index in [2.05, 4.69) is 15.3 Å². The fraction of sp³-hybridized carbons (Fsp3) is 0.250. The summed E-state index contributed by atoms with van der Waals surface area (Å²) in [6.07, 6.45) is 6.32. The fourth-order valence-electron chi connectivity index (χ4n) is 4.12. The zero-order valence-electron chi connectivity index (χ0n) is 17.0. The molecule has 0 spiro atoms. The molecule has 2 aliphatic heterocycles. The number of anilines is 1. The quantitative estimate of drug-likeness (QED) is 0.680. The Balaban J connectivity index is 1.43. The van der Waals surface area contributed by atoms with Gasteiger partial charge in [0.25, 0.3) is 5.91 Å². The second-order valence-electron chi connectivity index (χ2n) is 7.66. The zero-order chi connectivity index (χ0) is 21.2. The van der Waals surface area contributed by atoms with Crippen LogP contribution in [-0.2, 0) is 11.2 Å². The van der Waals surface area contributed by atoms with Crippen molar-refractivity contribution in [2.75, 3.05) is 37.7 Å². The number of aromatic amines is 1. The minimum Gasteiger partial charge on any atom is -0.378 e. The molecular formula is C24H23FN4O2. The molecule has 2 N–H and O–H groups in total. The van der Waals surface area contributed by atoms with Crippen LogP contribution in [0, 0.1) is 5.82 Å². The predicted octanol–water partition coefficient (Wildman–Crippen LogP) is 3.51. The fourth-order valence-corrected chi connectivity index (χ4v) is 4.12. The summed E-state index contributed by atoms with van der Waals surface area (Å²) in [5.41, 5.74) is 5.66. The molecule has 1 amide bonds. The van der Waals surface area contributed by atoms with E-state index in [1.807, 2.05) is 41.3 Å². The highest BCUT2D eigenvalue weighted by atomic mass is 19.1. The van der Waals surface area contributed by atoms with Gasteiger partial charge >= 0.3 is 0 Å². The van der Waals surface area contributed by atoms with E-state index < -0.39 is 0 Å². The van der Waals surface area contributed by atoms with E-state index in [4.69, 9.17) is 4.74 Å². The Bertz CT molecular complexity index is 1150. The summed E-state index contributed by atoms with van der Waals surface area (Å²) in [5.74, 6) is -0.277. The van der Waals surface area contributed by atoms with Gasteiger partial charge in [0.2, 0.25) is 0 Å². The average molecular weight is 418 g/mol. The molecule has 2 aromatic heterocycles. The number of H-pyrrole nitrogens is 1. The molecule has 5 rings (SSSR count). The first-order valence-electron chi connectivity index (χ1n) is 10.4. The summed E-state index contributed by atoms with van der Waals surface area (Å²) < 4.78 is 20.0. The van der Waals surface area contributed by atoms with E-state index in [1.54, 1.807) is 12.3 Å². The topological polar surface area (TPSA) is 70.2 Å². The van der Waals surface area contributed by atoms with Gasteiger partial charge in [-0.3, -0.25) is 9.78 Å². The Labute approximate surface area is 179 Å². The van der Waals surface area contributed by atoms with Crippen molar-refractivity contribution in [3.63, 3.8) is 0 Å². The minimum absolute atomic E-state index is 0.0420. The third-order valence-corrected chi connectivity index (χ3v) is 5.68. The number of carbonyl (C=O) groups excluding carboxylic acids is 1. The molecule has 1 saturated heterocycles. The lowest BCUT2D eigenvalue weighted by molar-refractivity contribution is 0.0946. The number of fused-ring (bicyclic) bond motifs is 1. The Kier molecular flexibility index (Phi) is 5.26. The Morgan fingerprint density at radius 2 is 2.00 bits per heavy atom. The maximum absolute atomic E-state index is 14.6. The zero-order valence-corrected chi connectivity index (χ0v) is 17.0. The number of nitrogens with zero attached hydrogens (tertiary/aromatic N) is 2. The van der Waals surface area contributed by atoms with Gasteiger partial charge in [0, 0.05) is 54.8 Å². The number of morpholine rings is 1. The van der Waals surface area contributed by atoms with Crippen LogP contribution >= 0.6 is 0 Å². The van der Waals surface area contributed by atoms with Crippen molar-refractivity contribution in [2.45, 2.75) is 6.42 Å². The number of para-hydroxylation sites is 1. The molecule has 0 aliphatic carbocycles. The first-order valence-corrected chi connectivity index (χ1v) is 10.4. The molecule has 0 saturated carbocycles. The summed E-state index contributed by atoms with van der Waals surface area (Å²) in [5, 5.41) is 2.86. The number of ether oxygens (including phenoxy) is 1. The van der Waals surface area contributed by atoms with Crippen LogP contribution in [-0.4, -0.2) is 48.7 Å². The van der Waals surface area contributed by atoms with Crippen LogP contribution < -0.4 is 10.2 Å². The first kappa shape index (κ1) is 19.5. The number of hydrogen-bond acceptors (Lipinski definition) is 4. The maximum Gasteiger partial charge on any atom is 0.253 e. The molecule has 4 heterocycles. The number of aromatic nitrogens is 2. The molecule has 0 bridgehead atoms. The number of pyridine rings is 1. The number of hydrogen-bond donors (Lipinski definition) is 2. The lowest BCUT2D eigenvalue weighted by Crippen LogP contribution is -2.37. The lowest BCUT2D eigenvalue weighted by atomic mass is 10.1. The Morgan fingerprint density at radius 3 is 2.84 bits per heavy atom. The Hall–Kier alpha value is -3.45. The van der Waals surface area contributed by atoms with Gasteiger partial charge in [-0.1, -0.05) is 18.2 Å². The number of halogens is 1. The lowest BCUT2D eigenvalue weighted by Gasteiger charge is -2.30. The average Bonchev–Trinajstić information content (AvgIpc) is 3.24. The molecule has 158 valence electrons. The smallest absolute Gasteiger partial charge is 0.253 e. The summed E-state index contributed by atoms with van der Waals surface area (Å²) in [4.78, 5) is 21.9. The number of nitrogens with one attached hydrogen (secondary N) is 2. The van der Waals surface area contributed by atoms with Crippen molar-refractivity contribution in [1.82, 2.24) is 15.3 Å². The van der Waals surface area contributed by atoms with E-state index in [0.29, 0.717) is 44.1 Å². The third kappa shape index (κ3) is 3.96. The van der Waals surface area contributed by atoms with Crippen LogP contribution in [0.2, 0.25) is 0 Å². The molecule has 3 aromatic rings.